The van der Waals surface area contributed by atoms with Crippen molar-refractivity contribution < 1.29 is 19.8 Å². The molecule has 0 aromatic carbocycles. The molecule has 1 aliphatic rings. The van der Waals surface area contributed by atoms with Crippen LogP contribution in [0.2, 0.25) is 0 Å². The number of aliphatic hydroxyl groups is 1. The largest absolute Gasteiger partial charge is 0.480 e. The lowest BCUT2D eigenvalue weighted by Gasteiger charge is -2.26. The molecule has 1 fully saturated rings. The maximum Gasteiger partial charge on any atom is 0.326 e. The van der Waals surface area contributed by atoms with E-state index < -0.39 is 18.1 Å². The van der Waals surface area contributed by atoms with Crippen LogP contribution in [-0.4, -0.2) is 51.7 Å². The van der Waals surface area contributed by atoms with Crippen LogP contribution >= 0.6 is 0 Å². The van der Waals surface area contributed by atoms with Crippen LogP contribution in [0.1, 0.15) is 40.0 Å². The average molecular weight is 272 g/mol. The number of nitrogens with two attached hydrogens (primary N) is 1. The Balaban J connectivity index is 2.59. The van der Waals surface area contributed by atoms with Gasteiger partial charge in [0.1, 0.15) is 6.04 Å². The van der Waals surface area contributed by atoms with Gasteiger partial charge in [-0.05, 0) is 11.8 Å². The number of aliphatic carboxylic acids is 1. The molecule has 1 aliphatic heterocycles. The topological polar surface area (TPSA) is 104 Å². The van der Waals surface area contributed by atoms with Gasteiger partial charge >= 0.3 is 5.97 Å². The van der Waals surface area contributed by atoms with Crippen LogP contribution in [0.15, 0.2) is 0 Å². The lowest BCUT2D eigenvalue weighted by atomic mass is 9.87. The summed E-state index contributed by atoms with van der Waals surface area (Å²) in [5.41, 5.74) is 5.95. The van der Waals surface area contributed by atoms with Crippen molar-refractivity contribution in [1.82, 2.24) is 4.90 Å². The second kappa shape index (κ2) is 5.88. The van der Waals surface area contributed by atoms with Crippen LogP contribution < -0.4 is 5.73 Å². The zero-order valence-corrected chi connectivity index (χ0v) is 11.8. The fraction of sp³-hybridized carbons (Fsp3) is 0.846. The highest BCUT2D eigenvalue weighted by Gasteiger charge is 2.39. The molecular formula is C13H24N2O4. The van der Waals surface area contributed by atoms with Gasteiger partial charge in [0, 0.05) is 25.4 Å². The van der Waals surface area contributed by atoms with Gasteiger partial charge in [-0.2, -0.15) is 0 Å². The van der Waals surface area contributed by atoms with E-state index in [9.17, 15) is 14.7 Å². The summed E-state index contributed by atoms with van der Waals surface area (Å²) in [5, 5.41) is 18.5. The van der Waals surface area contributed by atoms with E-state index in [4.69, 9.17) is 10.8 Å². The third kappa shape index (κ3) is 4.80. The summed E-state index contributed by atoms with van der Waals surface area (Å²) in [6.45, 7) is 6.20. The Morgan fingerprint density at radius 1 is 1.42 bits per heavy atom. The lowest BCUT2D eigenvalue weighted by Crippen LogP contribution is -2.43. The first kappa shape index (κ1) is 15.9. The summed E-state index contributed by atoms with van der Waals surface area (Å²) in [6, 6.07) is -1.22. The zero-order chi connectivity index (χ0) is 14.8. The molecule has 0 radical (unpaired) electrons. The molecule has 1 heterocycles. The minimum atomic E-state index is -1.07. The number of carboxylic acids is 1. The second-order valence-electron chi connectivity index (χ2n) is 6.52. The average Bonchev–Trinajstić information content (AvgIpc) is 2.57. The molecule has 0 bridgehead atoms. The molecule has 110 valence electrons. The van der Waals surface area contributed by atoms with Crippen molar-refractivity contribution in [3.8, 4) is 0 Å². The van der Waals surface area contributed by atoms with E-state index in [1.165, 1.54) is 4.90 Å². The predicted molar refractivity (Wildman–Crippen MR) is 70.4 cm³/mol. The summed E-state index contributed by atoms with van der Waals surface area (Å²) < 4.78 is 0. The monoisotopic (exact) mass is 272 g/mol. The van der Waals surface area contributed by atoms with Gasteiger partial charge in [0.2, 0.25) is 5.91 Å². The van der Waals surface area contributed by atoms with Crippen molar-refractivity contribution >= 4 is 11.9 Å². The Morgan fingerprint density at radius 2 is 2.00 bits per heavy atom. The van der Waals surface area contributed by atoms with Gasteiger partial charge in [-0.3, -0.25) is 4.79 Å². The minimum Gasteiger partial charge on any atom is -0.480 e. The summed E-state index contributed by atoms with van der Waals surface area (Å²) in [7, 11) is 0. The molecule has 0 aliphatic carbocycles. The number of amides is 1. The van der Waals surface area contributed by atoms with Crippen molar-refractivity contribution in [3.63, 3.8) is 0 Å². The number of hydrogen-bond donors (Lipinski definition) is 3. The molecule has 0 saturated carbocycles. The van der Waals surface area contributed by atoms with Gasteiger partial charge in [-0.25, -0.2) is 4.79 Å². The van der Waals surface area contributed by atoms with Crippen molar-refractivity contribution in [2.45, 2.75) is 58.2 Å². The highest BCUT2D eigenvalue weighted by Crippen LogP contribution is 2.23. The quantitative estimate of drug-likeness (QED) is 0.677. The summed E-state index contributed by atoms with van der Waals surface area (Å²) in [4.78, 5) is 24.3. The molecular weight excluding hydrogens is 248 g/mol. The molecule has 4 N–H and O–H groups in total. The van der Waals surface area contributed by atoms with E-state index in [2.05, 4.69) is 0 Å². The fourth-order valence-corrected chi connectivity index (χ4v) is 2.52. The van der Waals surface area contributed by atoms with Crippen molar-refractivity contribution in [1.29, 1.82) is 0 Å². The first-order valence-electron chi connectivity index (χ1n) is 6.56. The van der Waals surface area contributed by atoms with Crippen LogP contribution in [-0.2, 0) is 9.59 Å². The maximum atomic E-state index is 12.1. The molecule has 1 rings (SSSR count). The smallest absolute Gasteiger partial charge is 0.326 e. The number of aliphatic hydroxyl groups excluding tert-OH is 1. The highest BCUT2D eigenvalue weighted by molar-refractivity contribution is 5.84. The molecule has 0 aromatic heterocycles. The zero-order valence-electron chi connectivity index (χ0n) is 11.8. The second-order valence-corrected chi connectivity index (χ2v) is 6.52. The summed E-state index contributed by atoms with van der Waals surface area (Å²) in [6.07, 6.45) is 0.139. The highest BCUT2D eigenvalue weighted by atomic mass is 16.4. The van der Waals surface area contributed by atoms with Gasteiger partial charge in [-0.15, -0.1) is 0 Å². The maximum absolute atomic E-state index is 12.1. The minimum absolute atomic E-state index is 0.0242. The van der Waals surface area contributed by atoms with Crippen LogP contribution in [0.3, 0.4) is 0 Å². The van der Waals surface area contributed by atoms with Crippen LogP contribution in [0.5, 0.6) is 0 Å². The van der Waals surface area contributed by atoms with E-state index in [0.29, 0.717) is 6.42 Å². The Labute approximate surface area is 113 Å². The molecule has 1 saturated heterocycles. The fourth-order valence-electron chi connectivity index (χ4n) is 2.52. The molecule has 0 spiro atoms. The van der Waals surface area contributed by atoms with Crippen molar-refractivity contribution in [3.05, 3.63) is 0 Å². The Kier molecular flexibility index (Phi) is 4.92. The normalized spacial score (nSPS) is 25.4. The third-order valence-corrected chi connectivity index (χ3v) is 3.20. The molecule has 0 aromatic rings. The molecule has 1 unspecified atom stereocenters. The van der Waals surface area contributed by atoms with Crippen molar-refractivity contribution in [2.75, 3.05) is 6.54 Å². The number of likely N-dealkylation sites (tertiary alicyclic amines) is 1. The van der Waals surface area contributed by atoms with Gasteiger partial charge in [0.05, 0.1) is 6.10 Å². The molecule has 19 heavy (non-hydrogen) atoms. The van der Waals surface area contributed by atoms with E-state index in [0.717, 1.165) is 0 Å². The molecule has 3 atom stereocenters. The van der Waals surface area contributed by atoms with Crippen LogP contribution in [0.4, 0.5) is 0 Å². The summed E-state index contributed by atoms with van der Waals surface area (Å²) >= 11 is 0. The first-order chi connectivity index (χ1) is 8.60. The van der Waals surface area contributed by atoms with E-state index >= 15 is 0 Å². The Hall–Kier alpha value is -1.14. The predicted octanol–water partition coefficient (Wildman–Crippen LogP) is 0.186. The number of rotatable bonds is 4. The molecule has 1 amide bonds. The lowest BCUT2D eigenvalue weighted by molar-refractivity contribution is -0.148. The number of carbonyl (C=O) groups is 2. The Morgan fingerprint density at radius 3 is 2.47 bits per heavy atom. The number of β-amino-alcohol motifs (C(OH)–C–C–N with tert-alkyl or cyclic N) is 1. The van der Waals surface area contributed by atoms with Gasteiger partial charge in [-0.1, -0.05) is 20.8 Å². The first-order valence-corrected chi connectivity index (χ1v) is 6.56. The SMILES string of the molecule is CC(C)(C)CC(N)CC(=O)N1C[C@@H](O)C[C@H]1C(=O)O. The number of nitrogens with zero attached hydrogens (tertiary/aromatic N) is 1. The van der Waals surface area contributed by atoms with E-state index in [1.807, 2.05) is 20.8 Å². The third-order valence-electron chi connectivity index (χ3n) is 3.20. The molecule has 6 nitrogen and oxygen atoms in total. The molecule has 6 heteroatoms. The standard InChI is InChI=1S/C13H24N2O4/c1-13(2,3)6-8(14)4-11(17)15-7-9(16)5-10(15)12(18)19/h8-10,16H,4-7,14H2,1-3H3,(H,18,19)/t8?,9-,10-/m0/s1. The van der Waals surface area contributed by atoms with E-state index in [1.54, 1.807) is 0 Å². The van der Waals surface area contributed by atoms with Gasteiger partial charge in [0.25, 0.3) is 0 Å². The number of carboxylic acid groups (broad SMARTS) is 1. The van der Waals surface area contributed by atoms with Crippen molar-refractivity contribution in [2.24, 2.45) is 11.1 Å². The van der Waals surface area contributed by atoms with Crippen LogP contribution in [0.25, 0.3) is 0 Å². The van der Waals surface area contributed by atoms with Gasteiger partial charge < -0.3 is 20.8 Å². The summed E-state index contributed by atoms with van der Waals surface area (Å²) in [5.74, 6) is -1.37. The number of carbonyl (C=O) groups excluding carboxylic acids is 1. The van der Waals surface area contributed by atoms with Gasteiger partial charge in [0.15, 0.2) is 0 Å². The Bertz CT molecular complexity index is 351. The van der Waals surface area contributed by atoms with E-state index in [-0.39, 0.29) is 36.8 Å². The van der Waals surface area contributed by atoms with Crippen LogP contribution in [0, 0.1) is 5.41 Å². The number of hydrogen-bond acceptors (Lipinski definition) is 4.